The molecule has 0 spiro atoms. The van der Waals surface area contributed by atoms with Gasteiger partial charge in [0, 0.05) is 19.1 Å². The minimum absolute atomic E-state index is 0.122. The van der Waals surface area contributed by atoms with Gasteiger partial charge < -0.3 is 16.2 Å². The first-order valence-electron chi connectivity index (χ1n) is 4.49. The SMILES string of the molecule is CC(C(N)=O)N1CCOCC1CN. The fourth-order valence-corrected chi connectivity index (χ4v) is 1.54. The Bertz CT molecular complexity index is 186. The molecule has 76 valence electrons. The van der Waals surface area contributed by atoms with Crippen LogP contribution in [-0.2, 0) is 9.53 Å². The van der Waals surface area contributed by atoms with Crippen molar-refractivity contribution in [2.24, 2.45) is 11.5 Å². The second-order valence-corrected chi connectivity index (χ2v) is 3.28. The lowest BCUT2D eigenvalue weighted by atomic mass is 10.1. The summed E-state index contributed by atoms with van der Waals surface area (Å²) < 4.78 is 5.26. The summed E-state index contributed by atoms with van der Waals surface area (Å²) in [6.45, 7) is 4.27. The van der Waals surface area contributed by atoms with Gasteiger partial charge in [0.15, 0.2) is 0 Å². The third-order valence-electron chi connectivity index (χ3n) is 2.45. The lowest BCUT2D eigenvalue weighted by molar-refractivity contribution is -0.126. The molecule has 1 aliphatic heterocycles. The highest BCUT2D eigenvalue weighted by Crippen LogP contribution is 2.09. The Kier molecular flexibility index (Phi) is 3.65. The zero-order valence-electron chi connectivity index (χ0n) is 7.90. The minimum atomic E-state index is -0.305. The summed E-state index contributed by atoms with van der Waals surface area (Å²) in [5.74, 6) is -0.305. The molecule has 1 amide bonds. The van der Waals surface area contributed by atoms with Gasteiger partial charge in [-0.1, -0.05) is 0 Å². The fourth-order valence-electron chi connectivity index (χ4n) is 1.54. The maximum Gasteiger partial charge on any atom is 0.234 e. The Morgan fingerprint density at radius 2 is 2.46 bits per heavy atom. The quantitative estimate of drug-likeness (QED) is 0.564. The van der Waals surface area contributed by atoms with Gasteiger partial charge in [0.2, 0.25) is 5.91 Å². The molecule has 4 N–H and O–H groups in total. The Hall–Kier alpha value is -0.650. The van der Waals surface area contributed by atoms with E-state index in [1.165, 1.54) is 0 Å². The Morgan fingerprint density at radius 3 is 3.00 bits per heavy atom. The van der Waals surface area contributed by atoms with E-state index in [0.717, 1.165) is 6.54 Å². The number of hydrogen-bond acceptors (Lipinski definition) is 4. The van der Waals surface area contributed by atoms with Gasteiger partial charge in [0.1, 0.15) is 0 Å². The Labute approximate surface area is 78.0 Å². The molecule has 5 heteroatoms. The number of carbonyl (C=O) groups is 1. The summed E-state index contributed by atoms with van der Waals surface area (Å²) in [7, 11) is 0. The van der Waals surface area contributed by atoms with Gasteiger partial charge >= 0.3 is 0 Å². The van der Waals surface area contributed by atoms with Gasteiger partial charge in [-0.2, -0.15) is 0 Å². The van der Waals surface area contributed by atoms with Crippen molar-refractivity contribution in [2.45, 2.75) is 19.0 Å². The van der Waals surface area contributed by atoms with Crippen LogP contribution < -0.4 is 11.5 Å². The molecule has 1 saturated heterocycles. The molecule has 0 aromatic rings. The maximum absolute atomic E-state index is 11.0. The summed E-state index contributed by atoms with van der Waals surface area (Å²) in [5, 5.41) is 0. The minimum Gasteiger partial charge on any atom is -0.378 e. The molecule has 1 aliphatic rings. The summed E-state index contributed by atoms with van der Waals surface area (Å²) >= 11 is 0. The van der Waals surface area contributed by atoms with Crippen molar-refractivity contribution in [2.75, 3.05) is 26.3 Å². The van der Waals surface area contributed by atoms with Gasteiger partial charge in [0.25, 0.3) is 0 Å². The van der Waals surface area contributed by atoms with Gasteiger partial charge in [-0.15, -0.1) is 0 Å². The molecular formula is C8H17N3O2. The van der Waals surface area contributed by atoms with E-state index in [-0.39, 0.29) is 18.0 Å². The van der Waals surface area contributed by atoms with Gasteiger partial charge in [-0.3, -0.25) is 9.69 Å². The van der Waals surface area contributed by atoms with Gasteiger partial charge in [-0.25, -0.2) is 0 Å². The first kappa shape index (κ1) is 10.4. The zero-order valence-corrected chi connectivity index (χ0v) is 7.90. The molecule has 1 fully saturated rings. The first-order chi connectivity index (χ1) is 6.16. The second-order valence-electron chi connectivity index (χ2n) is 3.28. The van der Waals surface area contributed by atoms with Crippen molar-refractivity contribution in [1.82, 2.24) is 4.90 Å². The standard InChI is InChI=1S/C8H17N3O2/c1-6(8(10)12)11-2-3-13-5-7(11)4-9/h6-7H,2-5,9H2,1H3,(H2,10,12). The number of primary amides is 1. The predicted octanol–water partition coefficient (Wildman–Crippen LogP) is -1.48. The normalized spacial score (nSPS) is 27.1. The third kappa shape index (κ3) is 2.40. The molecule has 0 saturated carbocycles. The molecule has 1 rings (SSSR count). The average molecular weight is 187 g/mol. The highest BCUT2D eigenvalue weighted by Gasteiger charge is 2.28. The van der Waals surface area contributed by atoms with E-state index in [4.69, 9.17) is 16.2 Å². The highest BCUT2D eigenvalue weighted by molar-refractivity contribution is 5.79. The molecule has 2 atom stereocenters. The topological polar surface area (TPSA) is 81.6 Å². The van der Waals surface area contributed by atoms with Crippen molar-refractivity contribution in [3.05, 3.63) is 0 Å². The van der Waals surface area contributed by atoms with Crippen LogP contribution in [0.2, 0.25) is 0 Å². The summed E-state index contributed by atoms with van der Waals surface area (Å²) in [5.41, 5.74) is 10.8. The lowest BCUT2D eigenvalue weighted by Crippen LogP contribution is -2.56. The lowest BCUT2D eigenvalue weighted by Gasteiger charge is -2.37. The van der Waals surface area contributed by atoms with Crippen LogP contribution in [0.25, 0.3) is 0 Å². The highest BCUT2D eigenvalue weighted by atomic mass is 16.5. The molecule has 13 heavy (non-hydrogen) atoms. The molecular weight excluding hydrogens is 170 g/mol. The predicted molar refractivity (Wildman–Crippen MR) is 49.0 cm³/mol. The number of morpholine rings is 1. The number of amides is 1. The molecule has 0 aromatic heterocycles. The van der Waals surface area contributed by atoms with Crippen molar-refractivity contribution in [3.63, 3.8) is 0 Å². The van der Waals surface area contributed by atoms with Crippen LogP contribution in [0.3, 0.4) is 0 Å². The van der Waals surface area contributed by atoms with E-state index in [1.807, 2.05) is 4.90 Å². The number of rotatable bonds is 3. The van der Waals surface area contributed by atoms with E-state index in [0.29, 0.717) is 19.8 Å². The van der Waals surface area contributed by atoms with Crippen molar-refractivity contribution >= 4 is 5.91 Å². The third-order valence-corrected chi connectivity index (χ3v) is 2.45. The van der Waals surface area contributed by atoms with Gasteiger partial charge in [-0.05, 0) is 6.92 Å². The van der Waals surface area contributed by atoms with Crippen molar-refractivity contribution in [3.8, 4) is 0 Å². The van der Waals surface area contributed by atoms with Crippen LogP contribution in [0, 0.1) is 0 Å². The molecule has 1 heterocycles. The summed E-state index contributed by atoms with van der Waals surface area (Å²) in [4.78, 5) is 13.0. The summed E-state index contributed by atoms with van der Waals surface area (Å²) in [6.07, 6.45) is 0. The largest absolute Gasteiger partial charge is 0.378 e. The van der Waals surface area contributed by atoms with Gasteiger partial charge in [0.05, 0.1) is 19.3 Å². The van der Waals surface area contributed by atoms with Crippen LogP contribution in [0.15, 0.2) is 0 Å². The first-order valence-corrected chi connectivity index (χ1v) is 4.49. The van der Waals surface area contributed by atoms with E-state index < -0.39 is 0 Å². The summed E-state index contributed by atoms with van der Waals surface area (Å²) in [6, 6.07) is -0.131. The van der Waals surface area contributed by atoms with Crippen LogP contribution in [0.1, 0.15) is 6.92 Å². The molecule has 0 aromatic carbocycles. The molecule has 0 radical (unpaired) electrons. The van der Waals surface area contributed by atoms with Crippen LogP contribution in [0.5, 0.6) is 0 Å². The zero-order chi connectivity index (χ0) is 9.84. The number of hydrogen-bond donors (Lipinski definition) is 2. The molecule has 0 bridgehead atoms. The maximum atomic E-state index is 11.0. The molecule has 5 nitrogen and oxygen atoms in total. The van der Waals surface area contributed by atoms with E-state index in [1.54, 1.807) is 6.92 Å². The van der Waals surface area contributed by atoms with E-state index >= 15 is 0 Å². The Morgan fingerprint density at radius 1 is 1.77 bits per heavy atom. The smallest absolute Gasteiger partial charge is 0.234 e. The van der Waals surface area contributed by atoms with Crippen LogP contribution in [-0.4, -0.2) is 49.2 Å². The Balaban J connectivity index is 2.58. The number of carbonyl (C=O) groups excluding carboxylic acids is 1. The van der Waals surface area contributed by atoms with E-state index in [2.05, 4.69) is 0 Å². The molecule has 0 aliphatic carbocycles. The van der Waals surface area contributed by atoms with E-state index in [9.17, 15) is 4.79 Å². The van der Waals surface area contributed by atoms with Crippen LogP contribution >= 0.6 is 0 Å². The second kappa shape index (κ2) is 4.55. The number of nitrogens with zero attached hydrogens (tertiary/aromatic N) is 1. The monoisotopic (exact) mass is 187 g/mol. The van der Waals surface area contributed by atoms with Crippen LogP contribution in [0.4, 0.5) is 0 Å². The number of nitrogens with two attached hydrogens (primary N) is 2. The fraction of sp³-hybridized carbons (Fsp3) is 0.875. The number of ether oxygens (including phenoxy) is 1. The average Bonchev–Trinajstić information content (AvgIpc) is 2.16. The van der Waals surface area contributed by atoms with Crippen molar-refractivity contribution in [1.29, 1.82) is 0 Å². The molecule has 2 unspecified atom stereocenters. The van der Waals surface area contributed by atoms with Crippen molar-refractivity contribution < 1.29 is 9.53 Å².